The molecule has 0 spiro atoms. The molecule has 0 aliphatic carbocycles. The molecule has 6 rings (SSSR count). The topological polar surface area (TPSA) is 288 Å². The van der Waals surface area contributed by atoms with Crippen molar-refractivity contribution in [2.24, 2.45) is 17.8 Å². The molecule has 9 atom stereocenters. The van der Waals surface area contributed by atoms with Gasteiger partial charge in [-0.25, -0.2) is 0 Å². The zero-order valence-electron chi connectivity index (χ0n) is 60.4. The second kappa shape index (κ2) is 36.3. The van der Waals surface area contributed by atoms with Crippen molar-refractivity contribution in [3.05, 3.63) is 99.1 Å². The summed E-state index contributed by atoms with van der Waals surface area (Å²) in [5.74, 6) is -8.63. The van der Waals surface area contributed by atoms with Gasteiger partial charge < -0.3 is 65.2 Å². The Labute approximate surface area is 597 Å². The normalized spacial score (nSPS) is 24.4. The lowest BCUT2D eigenvalue weighted by Crippen LogP contribution is -2.64. The van der Waals surface area contributed by atoms with Crippen molar-refractivity contribution in [3.8, 4) is 5.75 Å². The van der Waals surface area contributed by atoms with Crippen LogP contribution in [0.2, 0.25) is 0 Å². The Hall–Kier alpha value is -8.17. The molecule has 0 aromatic heterocycles. The van der Waals surface area contributed by atoms with Crippen LogP contribution in [0.25, 0.3) is 0 Å². The number of fused-ring (bicyclic) bond motifs is 1. The molecule has 3 heterocycles. The molecule has 26 heteroatoms. The van der Waals surface area contributed by atoms with Gasteiger partial charge in [0, 0.05) is 78.3 Å². The Morgan fingerprint density at radius 2 is 1.23 bits per heavy atom. The van der Waals surface area contributed by atoms with E-state index in [-0.39, 0.29) is 50.5 Å². The fraction of sp³-hybridized carbons (Fsp3) is 0.589. The third-order valence-electron chi connectivity index (χ3n) is 19.3. The first-order valence-electron chi connectivity index (χ1n) is 34.5. The molecule has 12 amide bonds. The van der Waals surface area contributed by atoms with Crippen molar-refractivity contribution < 1.29 is 62.3 Å². The van der Waals surface area contributed by atoms with Crippen molar-refractivity contribution in [3.63, 3.8) is 0 Å². The van der Waals surface area contributed by atoms with Gasteiger partial charge in [0.25, 0.3) is 0 Å². The maximum absolute atomic E-state index is 15.2. The van der Waals surface area contributed by atoms with E-state index in [1.807, 2.05) is 77.9 Å². The Morgan fingerprint density at radius 3 is 1.83 bits per heavy atom. The van der Waals surface area contributed by atoms with Crippen LogP contribution in [0.3, 0.4) is 0 Å². The number of para-hydroxylation sites is 1. The molecule has 4 N–H and O–H groups in total. The van der Waals surface area contributed by atoms with E-state index in [1.165, 1.54) is 80.6 Å². The van der Waals surface area contributed by atoms with Crippen LogP contribution in [0.5, 0.6) is 5.75 Å². The number of amides is 12. The van der Waals surface area contributed by atoms with E-state index in [4.69, 9.17) is 4.74 Å². The molecular weight excluding hydrogens is 1380 g/mol. The minimum Gasteiger partial charge on any atom is -0.491 e. The number of hydrogen-bond donors (Lipinski definition) is 4. The van der Waals surface area contributed by atoms with E-state index in [2.05, 4.69) is 43.9 Å². The van der Waals surface area contributed by atoms with Crippen LogP contribution in [0.4, 0.5) is 0 Å². The van der Waals surface area contributed by atoms with Crippen molar-refractivity contribution in [2.45, 2.75) is 180 Å². The number of nitrogens with zero attached hydrogens (tertiary/aromatic N) is 8. The number of likely N-dealkylation sites (tertiary alicyclic amines) is 1. The smallest absolute Gasteiger partial charge is 0.249 e. The molecule has 99 heavy (non-hydrogen) atoms. The highest BCUT2D eigenvalue weighted by Crippen LogP contribution is 2.26. The summed E-state index contributed by atoms with van der Waals surface area (Å²) in [5.41, 5.74) is 0.497. The quantitative estimate of drug-likeness (QED) is 0.165. The van der Waals surface area contributed by atoms with Crippen LogP contribution < -0.4 is 26.0 Å². The average Bonchev–Trinajstić information content (AvgIpc) is 0.799. The fourth-order valence-corrected chi connectivity index (χ4v) is 13.0. The van der Waals surface area contributed by atoms with Gasteiger partial charge >= 0.3 is 0 Å². The second-order valence-corrected chi connectivity index (χ2v) is 29.5. The molecule has 0 saturated carbocycles. The molecule has 25 nitrogen and oxygen atoms in total. The summed E-state index contributed by atoms with van der Waals surface area (Å²) < 4.78 is 6.96. The van der Waals surface area contributed by atoms with Gasteiger partial charge in [0.05, 0.1) is 19.5 Å². The number of carbonyl (C=O) groups is 12. The zero-order chi connectivity index (χ0) is 73.3. The number of halogens is 1. The summed E-state index contributed by atoms with van der Waals surface area (Å²) >= 11 is 2.13. The lowest BCUT2D eigenvalue weighted by atomic mass is 9.95. The summed E-state index contributed by atoms with van der Waals surface area (Å²) in [7, 11) is 8.47. The third-order valence-corrected chi connectivity index (χ3v) is 20.0. The van der Waals surface area contributed by atoms with Crippen molar-refractivity contribution in [1.29, 1.82) is 0 Å². The molecule has 3 saturated heterocycles. The third kappa shape index (κ3) is 21.4. The Bertz CT molecular complexity index is 3360. The van der Waals surface area contributed by atoms with Gasteiger partial charge in [0.1, 0.15) is 66.2 Å². The summed E-state index contributed by atoms with van der Waals surface area (Å²) in [6.07, 6.45) is 2.44. The van der Waals surface area contributed by atoms with Gasteiger partial charge in [-0.05, 0) is 135 Å². The lowest BCUT2D eigenvalue weighted by molar-refractivity contribution is -0.157. The lowest BCUT2D eigenvalue weighted by Gasteiger charge is -2.43. The molecule has 3 aliphatic heterocycles. The minimum atomic E-state index is -1.78. The molecule has 3 aromatic carbocycles. The van der Waals surface area contributed by atoms with E-state index in [9.17, 15) is 38.4 Å². The van der Waals surface area contributed by atoms with E-state index in [0.717, 1.165) is 25.4 Å². The molecule has 542 valence electrons. The second-order valence-electron chi connectivity index (χ2n) is 28.3. The number of ether oxygens (including phenoxy) is 1. The summed E-state index contributed by atoms with van der Waals surface area (Å²) in [6.45, 7) is 15.2. The SMILES string of the molecule is CC[C@H](C)[C@@H]1NC(=O)[C@H](CC(C)C)N(C)C(=O)C[C@@H](C(=O)N2CCCCC2)N(C)C(=O)[C@H](CC(C)C)NC(=O)C(C)(C)N(C)C(=O)[C@H](COc2ccccc2)NC(=O)[C@H](Cc2cccc(I)c2)NC(=O)CN(C)C(=O)[C@H](Cc2ccc(C)cc2)N(C)C(=O)[C@@H]2CCN2C(=O)CN(C)C1=O. The number of carbonyl (C=O) groups excluding carboxylic acids is 12. The molecule has 0 radical (unpaired) electrons. The Kier molecular flexibility index (Phi) is 29.2. The molecule has 0 unspecified atom stereocenters. The number of hydrogen-bond acceptors (Lipinski definition) is 13. The monoisotopic (exact) mass is 1480 g/mol. The van der Waals surface area contributed by atoms with Crippen molar-refractivity contribution in [1.82, 2.24) is 60.5 Å². The van der Waals surface area contributed by atoms with Gasteiger partial charge in [0.2, 0.25) is 70.9 Å². The average molecular weight is 1490 g/mol. The van der Waals surface area contributed by atoms with E-state index in [1.54, 1.807) is 54.3 Å². The van der Waals surface area contributed by atoms with Gasteiger partial charge in [-0.2, -0.15) is 0 Å². The predicted molar refractivity (Wildman–Crippen MR) is 383 cm³/mol. The number of rotatable bonds is 14. The van der Waals surface area contributed by atoms with E-state index in [0.29, 0.717) is 49.2 Å². The predicted octanol–water partition coefficient (Wildman–Crippen LogP) is 4.19. The highest BCUT2D eigenvalue weighted by molar-refractivity contribution is 14.1. The van der Waals surface area contributed by atoms with Gasteiger partial charge in [-0.15, -0.1) is 0 Å². The van der Waals surface area contributed by atoms with Crippen molar-refractivity contribution >= 4 is 93.5 Å². The number of aryl methyl sites for hydroxylation is 1. The van der Waals surface area contributed by atoms with Crippen LogP contribution in [0.15, 0.2) is 78.9 Å². The summed E-state index contributed by atoms with van der Waals surface area (Å²) in [5, 5.41) is 11.4. The highest BCUT2D eigenvalue weighted by Gasteiger charge is 2.46. The van der Waals surface area contributed by atoms with Crippen LogP contribution in [-0.4, -0.2) is 246 Å². The number of likely N-dealkylation sites (N-methyl/N-ethyl adjacent to an activating group) is 6. The summed E-state index contributed by atoms with van der Waals surface area (Å²) in [6, 6.07) is 12.9. The largest absolute Gasteiger partial charge is 0.491 e. The number of benzene rings is 3. The number of nitrogens with one attached hydrogen (secondary N) is 4. The molecular formula is C73H105IN12O13. The first-order chi connectivity index (χ1) is 46.6. The first-order valence-corrected chi connectivity index (χ1v) is 35.6. The first kappa shape index (κ1) is 79.8. The molecule has 3 fully saturated rings. The number of piperidine rings is 1. The van der Waals surface area contributed by atoms with E-state index >= 15 is 19.2 Å². The van der Waals surface area contributed by atoms with Gasteiger partial charge in [0.15, 0.2) is 0 Å². The molecule has 0 bridgehead atoms. The highest BCUT2D eigenvalue weighted by atomic mass is 127. The standard InChI is InChI=1S/C73H105IN12O13/c1-16-48(7)63-71(97)80(11)43-62(89)86-35-32-56(86)69(95)83(14)58(40-49-30-28-47(6)29-31-49)68(94)79(10)42-60(87)75-53(39-50-24-23-25-51(74)38-50)64(90)76-55(44-99-52-26-19-17-20-27-52)67(93)84(15)73(8,9)72(98)77-54(36-45(2)3)66(92)82(13)59(70(96)85-33-21-18-22-34-85)41-61(88)81(12)57(37-46(4)5)65(91)78-63/h17,19-20,23-31,38,45-46,48,53-59,63H,16,18,21-22,32-37,39-44H2,1-15H3,(H,75,87)(H,76,90)(H,77,98)(H,78,91)/t48-,53-,54-,55-,56-,57-,58-,59-,63-/m0/s1. The van der Waals surface area contributed by atoms with Crippen molar-refractivity contribution in [2.75, 3.05) is 81.6 Å². The van der Waals surface area contributed by atoms with Crippen LogP contribution in [0, 0.1) is 28.2 Å². The van der Waals surface area contributed by atoms with Gasteiger partial charge in [-0.1, -0.05) is 108 Å². The maximum atomic E-state index is 15.2. The van der Waals surface area contributed by atoms with Gasteiger partial charge in [-0.3, -0.25) is 57.5 Å². The summed E-state index contributed by atoms with van der Waals surface area (Å²) in [4.78, 5) is 188. The Morgan fingerprint density at radius 1 is 0.596 bits per heavy atom. The maximum Gasteiger partial charge on any atom is 0.249 e. The minimum absolute atomic E-state index is 0.00784. The molecule has 3 aliphatic rings. The van der Waals surface area contributed by atoms with Crippen LogP contribution in [-0.2, 0) is 70.4 Å². The fourth-order valence-electron chi connectivity index (χ4n) is 12.4. The van der Waals surface area contributed by atoms with E-state index < -0.39 is 157 Å². The van der Waals surface area contributed by atoms with Crippen LogP contribution >= 0.6 is 22.6 Å². The Balaban J connectivity index is 1.44. The molecule has 3 aromatic rings. The van der Waals surface area contributed by atoms with Crippen LogP contribution in [0.1, 0.15) is 123 Å². The zero-order valence-corrected chi connectivity index (χ0v) is 62.6.